The van der Waals surface area contributed by atoms with Crippen molar-refractivity contribution < 1.29 is 4.79 Å². The molecule has 1 aliphatic heterocycles. The van der Waals surface area contributed by atoms with Crippen LogP contribution >= 0.6 is 11.8 Å². The number of carbonyl (C=O) groups is 1. The number of thioether (sulfide) groups is 1. The fourth-order valence-electron chi connectivity index (χ4n) is 2.69. The van der Waals surface area contributed by atoms with Crippen molar-refractivity contribution in [1.29, 1.82) is 0 Å². The lowest BCUT2D eigenvalue weighted by Crippen LogP contribution is -2.28. The first kappa shape index (κ1) is 17.4. The molecule has 0 spiro atoms. The van der Waals surface area contributed by atoms with Gasteiger partial charge >= 0.3 is 0 Å². The van der Waals surface area contributed by atoms with Crippen LogP contribution in [0.15, 0.2) is 29.2 Å². The van der Waals surface area contributed by atoms with Crippen molar-refractivity contribution in [3.8, 4) is 0 Å². The third-order valence-corrected chi connectivity index (χ3v) is 4.92. The van der Waals surface area contributed by atoms with Gasteiger partial charge in [-0.2, -0.15) is 0 Å². The van der Waals surface area contributed by atoms with E-state index in [1.807, 2.05) is 23.9 Å². The van der Waals surface area contributed by atoms with Crippen molar-refractivity contribution in [3.63, 3.8) is 0 Å². The summed E-state index contributed by atoms with van der Waals surface area (Å²) >= 11 is 1.84. The predicted molar refractivity (Wildman–Crippen MR) is 95.5 cm³/mol. The molecule has 3 nitrogen and oxygen atoms in total. The van der Waals surface area contributed by atoms with Crippen LogP contribution in [0.5, 0.6) is 0 Å². The molecule has 1 fully saturated rings. The summed E-state index contributed by atoms with van der Waals surface area (Å²) in [6, 6.07) is 8.16. The van der Waals surface area contributed by atoms with Gasteiger partial charge in [0.05, 0.1) is 0 Å². The van der Waals surface area contributed by atoms with E-state index in [9.17, 15) is 4.79 Å². The number of hydrogen-bond acceptors (Lipinski definition) is 3. The minimum atomic E-state index is 0.134. The molecule has 2 N–H and O–H groups in total. The van der Waals surface area contributed by atoms with E-state index in [0.29, 0.717) is 12.3 Å². The Labute approximate surface area is 138 Å². The molecule has 1 aliphatic rings. The maximum atomic E-state index is 12.0. The Balaban J connectivity index is 1.76. The van der Waals surface area contributed by atoms with E-state index in [2.05, 4.69) is 43.5 Å². The van der Waals surface area contributed by atoms with Crippen molar-refractivity contribution in [2.24, 2.45) is 5.92 Å². The fourth-order valence-corrected chi connectivity index (χ4v) is 3.67. The monoisotopic (exact) mass is 320 g/mol. The molecule has 0 unspecified atom stereocenters. The van der Waals surface area contributed by atoms with Gasteiger partial charge in [0, 0.05) is 21.8 Å². The topological polar surface area (TPSA) is 41.1 Å². The van der Waals surface area contributed by atoms with Crippen LogP contribution in [0.4, 0.5) is 5.69 Å². The second-order valence-electron chi connectivity index (χ2n) is 7.02. The Hall–Kier alpha value is -1.00. The first-order chi connectivity index (χ1) is 10.4. The molecule has 1 aromatic carbocycles. The smallest absolute Gasteiger partial charge is 0.224 e. The van der Waals surface area contributed by atoms with Crippen LogP contribution in [-0.2, 0) is 4.79 Å². The first-order valence-corrected chi connectivity index (χ1v) is 9.04. The maximum Gasteiger partial charge on any atom is 0.224 e. The molecule has 1 amide bonds. The molecule has 1 aromatic rings. The van der Waals surface area contributed by atoms with Crippen LogP contribution < -0.4 is 10.6 Å². The molecule has 0 atom stereocenters. The fraction of sp³-hybridized carbons (Fsp3) is 0.611. The Morgan fingerprint density at radius 3 is 2.45 bits per heavy atom. The number of anilines is 1. The summed E-state index contributed by atoms with van der Waals surface area (Å²) in [5, 5.41) is 6.37. The van der Waals surface area contributed by atoms with Gasteiger partial charge in [0.15, 0.2) is 0 Å². The third kappa shape index (κ3) is 6.41. The zero-order valence-corrected chi connectivity index (χ0v) is 14.8. The molecule has 1 saturated heterocycles. The Morgan fingerprint density at radius 2 is 1.86 bits per heavy atom. The summed E-state index contributed by atoms with van der Waals surface area (Å²) in [7, 11) is 0. The maximum absolute atomic E-state index is 12.0. The lowest BCUT2D eigenvalue weighted by Gasteiger charge is -2.22. The van der Waals surface area contributed by atoms with Gasteiger partial charge in [-0.15, -0.1) is 11.8 Å². The highest BCUT2D eigenvalue weighted by atomic mass is 32.2. The largest absolute Gasteiger partial charge is 0.326 e. The molecule has 1 heterocycles. The number of hydrogen-bond donors (Lipinski definition) is 2. The van der Waals surface area contributed by atoms with E-state index >= 15 is 0 Å². The Bertz CT molecular complexity index is 473. The van der Waals surface area contributed by atoms with Crippen LogP contribution in [0.25, 0.3) is 0 Å². The Morgan fingerprint density at radius 1 is 1.23 bits per heavy atom. The molecular formula is C18H28N2OS. The third-order valence-electron chi connectivity index (χ3n) is 3.80. The molecule has 122 valence electrons. The summed E-state index contributed by atoms with van der Waals surface area (Å²) in [5.74, 6) is 0.840. The normalized spacial score (nSPS) is 16.5. The average molecular weight is 321 g/mol. The SMILES string of the molecule is CC(C)(C)Sc1ccc(NC(=O)CCC2CCNCC2)cc1. The van der Waals surface area contributed by atoms with Crippen molar-refractivity contribution in [3.05, 3.63) is 24.3 Å². The second-order valence-corrected chi connectivity index (χ2v) is 8.92. The van der Waals surface area contributed by atoms with Gasteiger partial charge in [0.1, 0.15) is 0 Å². The van der Waals surface area contributed by atoms with Gasteiger partial charge in [-0.3, -0.25) is 4.79 Å². The highest BCUT2D eigenvalue weighted by Crippen LogP contribution is 2.32. The van der Waals surface area contributed by atoms with Crippen LogP contribution in [-0.4, -0.2) is 23.7 Å². The zero-order valence-electron chi connectivity index (χ0n) is 13.9. The second kappa shape index (κ2) is 8.02. The van der Waals surface area contributed by atoms with Crippen LogP contribution in [0.3, 0.4) is 0 Å². The number of piperidine rings is 1. The van der Waals surface area contributed by atoms with Crippen molar-refractivity contribution in [1.82, 2.24) is 5.32 Å². The summed E-state index contributed by atoms with van der Waals surface area (Å²) in [6.07, 6.45) is 4.03. The first-order valence-electron chi connectivity index (χ1n) is 8.22. The van der Waals surface area contributed by atoms with Crippen LogP contribution in [0, 0.1) is 5.92 Å². The molecule has 0 bridgehead atoms. The summed E-state index contributed by atoms with van der Waals surface area (Å²) in [6.45, 7) is 8.80. The molecule has 0 radical (unpaired) electrons. The van der Waals surface area contributed by atoms with Crippen LogP contribution in [0.1, 0.15) is 46.5 Å². The molecule has 22 heavy (non-hydrogen) atoms. The van der Waals surface area contributed by atoms with E-state index in [1.165, 1.54) is 17.7 Å². The average Bonchev–Trinajstić information content (AvgIpc) is 2.47. The van der Waals surface area contributed by atoms with Crippen molar-refractivity contribution >= 4 is 23.4 Å². The van der Waals surface area contributed by atoms with Gasteiger partial charge in [0.25, 0.3) is 0 Å². The Kier molecular flexibility index (Phi) is 6.33. The molecule has 0 aliphatic carbocycles. The van der Waals surface area contributed by atoms with E-state index in [1.54, 1.807) is 0 Å². The molecular weight excluding hydrogens is 292 g/mol. The van der Waals surface area contributed by atoms with E-state index in [4.69, 9.17) is 0 Å². The van der Waals surface area contributed by atoms with Crippen LogP contribution in [0.2, 0.25) is 0 Å². The van der Waals surface area contributed by atoms with Gasteiger partial charge < -0.3 is 10.6 Å². The number of amides is 1. The number of nitrogens with one attached hydrogen (secondary N) is 2. The summed E-state index contributed by atoms with van der Waals surface area (Å²) in [4.78, 5) is 13.3. The molecule has 4 heteroatoms. The van der Waals surface area contributed by atoms with Crippen molar-refractivity contribution in [2.45, 2.75) is 56.1 Å². The zero-order chi connectivity index (χ0) is 16.0. The quantitative estimate of drug-likeness (QED) is 0.795. The van der Waals surface area contributed by atoms with E-state index in [-0.39, 0.29) is 10.7 Å². The van der Waals surface area contributed by atoms with E-state index < -0.39 is 0 Å². The van der Waals surface area contributed by atoms with Gasteiger partial charge in [-0.05, 0) is 62.5 Å². The lowest BCUT2D eigenvalue weighted by molar-refractivity contribution is -0.116. The molecule has 0 saturated carbocycles. The predicted octanol–water partition coefficient (Wildman–Crippen LogP) is 4.30. The van der Waals surface area contributed by atoms with Gasteiger partial charge in [-0.1, -0.05) is 20.8 Å². The minimum absolute atomic E-state index is 0.134. The number of benzene rings is 1. The van der Waals surface area contributed by atoms with Crippen molar-refractivity contribution in [2.75, 3.05) is 18.4 Å². The highest BCUT2D eigenvalue weighted by Gasteiger charge is 2.15. The number of carbonyl (C=O) groups excluding carboxylic acids is 1. The van der Waals surface area contributed by atoms with E-state index in [0.717, 1.165) is 25.2 Å². The molecule has 0 aromatic heterocycles. The standard InChI is InChI=1S/C18H28N2OS/c1-18(2,3)22-16-7-5-15(6-8-16)20-17(21)9-4-14-10-12-19-13-11-14/h5-8,14,19H,4,9-13H2,1-3H3,(H,20,21). The number of rotatable bonds is 5. The van der Waals surface area contributed by atoms with Gasteiger partial charge in [-0.25, -0.2) is 0 Å². The highest BCUT2D eigenvalue weighted by molar-refractivity contribution is 8.00. The summed E-state index contributed by atoms with van der Waals surface area (Å²) in [5.41, 5.74) is 0.897. The van der Waals surface area contributed by atoms with Gasteiger partial charge in [0.2, 0.25) is 5.91 Å². The minimum Gasteiger partial charge on any atom is -0.326 e. The lowest BCUT2D eigenvalue weighted by atomic mass is 9.93. The molecule has 2 rings (SSSR count). The summed E-state index contributed by atoms with van der Waals surface area (Å²) < 4.78 is 0.208.